The zero-order valence-corrected chi connectivity index (χ0v) is 12.5. The smallest absolute Gasteiger partial charge is 0.264 e. The van der Waals surface area contributed by atoms with Gasteiger partial charge in [-0.3, -0.25) is 0 Å². The average molecular weight is 292 g/mol. The van der Waals surface area contributed by atoms with Gasteiger partial charge in [0.1, 0.15) is 11.5 Å². The van der Waals surface area contributed by atoms with Crippen LogP contribution in [-0.2, 0) is 13.0 Å². The van der Waals surface area contributed by atoms with Crippen molar-refractivity contribution in [1.29, 1.82) is 0 Å². The maximum atomic E-state index is 9.77. The van der Waals surface area contributed by atoms with Crippen molar-refractivity contribution in [2.24, 2.45) is 0 Å². The number of hydrogen-bond acceptors (Lipinski definition) is 6. The fourth-order valence-electron chi connectivity index (χ4n) is 1.93. The first kappa shape index (κ1) is 15.3. The molecule has 6 nitrogen and oxygen atoms in total. The van der Waals surface area contributed by atoms with E-state index in [1.54, 1.807) is 32.2 Å². The van der Waals surface area contributed by atoms with Gasteiger partial charge < -0.3 is 19.1 Å². The van der Waals surface area contributed by atoms with Crippen LogP contribution in [0, 0.1) is 0 Å². The second-order valence-corrected chi connectivity index (χ2v) is 4.72. The summed E-state index contributed by atoms with van der Waals surface area (Å²) in [7, 11) is 1.58. The van der Waals surface area contributed by atoms with Gasteiger partial charge >= 0.3 is 0 Å². The van der Waals surface area contributed by atoms with E-state index in [1.807, 2.05) is 0 Å². The fourth-order valence-corrected chi connectivity index (χ4v) is 1.93. The first-order valence-corrected chi connectivity index (χ1v) is 6.94. The highest BCUT2D eigenvalue weighted by molar-refractivity contribution is 5.41. The Morgan fingerprint density at radius 3 is 2.86 bits per heavy atom. The molecule has 0 aliphatic heterocycles. The van der Waals surface area contributed by atoms with Crippen LogP contribution in [0.4, 0.5) is 0 Å². The van der Waals surface area contributed by atoms with Crippen LogP contribution in [0.25, 0.3) is 0 Å². The van der Waals surface area contributed by atoms with E-state index in [4.69, 9.17) is 14.0 Å². The molecule has 0 bridgehead atoms. The van der Waals surface area contributed by atoms with E-state index in [0.29, 0.717) is 28.8 Å². The Labute approximate surface area is 123 Å². The molecule has 0 unspecified atom stereocenters. The van der Waals surface area contributed by atoms with Crippen LogP contribution >= 0.6 is 0 Å². The maximum absolute atomic E-state index is 9.77. The van der Waals surface area contributed by atoms with Gasteiger partial charge in [-0.25, -0.2) is 0 Å². The van der Waals surface area contributed by atoms with E-state index in [-0.39, 0.29) is 6.61 Å². The van der Waals surface area contributed by atoms with Crippen molar-refractivity contribution in [2.75, 3.05) is 7.11 Å². The lowest BCUT2D eigenvalue weighted by Gasteiger charge is -2.13. The number of aliphatic hydroxyl groups excluding tert-OH is 1. The molecule has 0 saturated heterocycles. The summed E-state index contributed by atoms with van der Waals surface area (Å²) in [5.41, 5.74) is 0.684. The standard InChI is InChI=1S/C15H20N2O4/c1-4-5-14-16-15(21-17-14)9-20-13-8-11(19-3)6-7-12(13)10(2)18/h6-8,10,18H,4-5,9H2,1-3H3/t10-/m1/s1. The number of rotatable bonds is 7. The van der Waals surface area contributed by atoms with E-state index < -0.39 is 6.10 Å². The van der Waals surface area contributed by atoms with Crippen molar-refractivity contribution in [2.45, 2.75) is 39.4 Å². The molecule has 0 fully saturated rings. The van der Waals surface area contributed by atoms with Crippen molar-refractivity contribution in [3.05, 3.63) is 35.5 Å². The monoisotopic (exact) mass is 292 g/mol. The second kappa shape index (κ2) is 7.08. The summed E-state index contributed by atoms with van der Waals surface area (Å²) in [6, 6.07) is 5.28. The number of aromatic nitrogens is 2. The summed E-state index contributed by atoms with van der Waals surface area (Å²) in [6.45, 7) is 3.89. The van der Waals surface area contributed by atoms with Gasteiger partial charge in [-0.1, -0.05) is 12.1 Å². The normalized spacial score (nSPS) is 12.2. The molecule has 1 heterocycles. The molecule has 0 radical (unpaired) electrons. The molecule has 0 aliphatic carbocycles. The minimum atomic E-state index is -0.635. The molecule has 1 atom stereocenters. The Hall–Kier alpha value is -2.08. The molecule has 0 saturated carbocycles. The van der Waals surface area contributed by atoms with Gasteiger partial charge in [0.15, 0.2) is 12.4 Å². The van der Waals surface area contributed by atoms with Gasteiger partial charge in [0, 0.05) is 18.1 Å². The van der Waals surface area contributed by atoms with Gasteiger partial charge in [-0.05, 0) is 25.5 Å². The second-order valence-electron chi connectivity index (χ2n) is 4.72. The number of aliphatic hydroxyl groups is 1. The topological polar surface area (TPSA) is 77.6 Å². The Morgan fingerprint density at radius 1 is 1.38 bits per heavy atom. The fraction of sp³-hybridized carbons (Fsp3) is 0.467. The first-order valence-electron chi connectivity index (χ1n) is 6.94. The Bertz CT molecular complexity index is 581. The van der Waals surface area contributed by atoms with E-state index >= 15 is 0 Å². The molecule has 2 aromatic rings. The van der Waals surface area contributed by atoms with E-state index in [0.717, 1.165) is 12.8 Å². The zero-order valence-electron chi connectivity index (χ0n) is 12.5. The van der Waals surface area contributed by atoms with Gasteiger partial charge in [-0.15, -0.1) is 0 Å². The lowest BCUT2D eigenvalue weighted by atomic mass is 10.1. The predicted octanol–water partition coefficient (Wildman–Crippen LogP) is 2.66. The van der Waals surface area contributed by atoms with E-state index in [9.17, 15) is 5.11 Å². The van der Waals surface area contributed by atoms with Crippen LogP contribution in [0.3, 0.4) is 0 Å². The quantitative estimate of drug-likeness (QED) is 0.845. The Balaban J connectivity index is 2.10. The van der Waals surface area contributed by atoms with Crippen LogP contribution < -0.4 is 9.47 Å². The molecule has 6 heteroatoms. The van der Waals surface area contributed by atoms with Crippen molar-refractivity contribution >= 4 is 0 Å². The third-order valence-corrected chi connectivity index (χ3v) is 3.01. The average Bonchev–Trinajstić information content (AvgIpc) is 2.92. The number of aryl methyl sites for hydroxylation is 1. The van der Waals surface area contributed by atoms with E-state index in [2.05, 4.69) is 17.1 Å². The number of nitrogens with zero attached hydrogens (tertiary/aromatic N) is 2. The summed E-state index contributed by atoms with van der Waals surface area (Å²) < 4.78 is 16.0. The van der Waals surface area contributed by atoms with Crippen LogP contribution in [0.1, 0.15) is 43.7 Å². The van der Waals surface area contributed by atoms with Crippen molar-refractivity contribution < 1.29 is 19.1 Å². The SMILES string of the molecule is CCCc1noc(COc2cc(OC)ccc2[C@@H](C)O)n1. The molecular weight excluding hydrogens is 272 g/mol. The molecule has 21 heavy (non-hydrogen) atoms. The number of benzene rings is 1. The summed E-state index contributed by atoms with van der Waals surface area (Å²) in [5.74, 6) is 2.29. The summed E-state index contributed by atoms with van der Waals surface area (Å²) in [5, 5.41) is 13.6. The molecule has 114 valence electrons. The van der Waals surface area contributed by atoms with Crippen molar-refractivity contribution in [1.82, 2.24) is 10.1 Å². The van der Waals surface area contributed by atoms with Crippen LogP contribution in [0.15, 0.2) is 22.7 Å². The van der Waals surface area contributed by atoms with Gasteiger partial charge in [0.05, 0.1) is 13.2 Å². The Morgan fingerprint density at radius 2 is 2.19 bits per heavy atom. The van der Waals surface area contributed by atoms with Gasteiger partial charge in [-0.2, -0.15) is 4.98 Å². The minimum absolute atomic E-state index is 0.156. The highest BCUT2D eigenvalue weighted by Gasteiger charge is 2.13. The third-order valence-electron chi connectivity index (χ3n) is 3.01. The lowest BCUT2D eigenvalue weighted by molar-refractivity contribution is 0.185. The largest absolute Gasteiger partial charge is 0.497 e. The first-order chi connectivity index (χ1) is 10.1. The molecule has 1 aromatic heterocycles. The summed E-state index contributed by atoms with van der Waals surface area (Å²) >= 11 is 0. The Kier molecular flexibility index (Phi) is 5.16. The van der Waals surface area contributed by atoms with Gasteiger partial charge in [0.2, 0.25) is 0 Å². The number of ether oxygens (including phenoxy) is 2. The highest BCUT2D eigenvalue weighted by atomic mass is 16.5. The van der Waals surface area contributed by atoms with Crippen molar-refractivity contribution in [3.63, 3.8) is 0 Å². The van der Waals surface area contributed by atoms with Crippen LogP contribution in [-0.4, -0.2) is 22.4 Å². The number of hydrogen-bond donors (Lipinski definition) is 1. The summed E-state index contributed by atoms with van der Waals surface area (Å²) in [6.07, 6.45) is 1.10. The molecule has 2 rings (SSSR count). The van der Waals surface area contributed by atoms with Gasteiger partial charge in [0.25, 0.3) is 5.89 Å². The third kappa shape index (κ3) is 3.95. The lowest BCUT2D eigenvalue weighted by Crippen LogP contribution is -2.02. The predicted molar refractivity (Wildman–Crippen MR) is 76.3 cm³/mol. The molecule has 0 aliphatic rings. The summed E-state index contributed by atoms with van der Waals surface area (Å²) in [4.78, 5) is 4.24. The molecule has 0 amide bonds. The zero-order chi connectivity index (χ0) is 15.2. The highest BCUT2D eigenvalue weighted by Crippen LogP contribution is 2.30. The van der Waals surface area contributed by atoms with Crippen LogP contribution in [0.2, 0.25) is 0 Å². The van der Waals surface area contributed by atoms with E-state index in [1.165, 1.54) is 0 Å². The molecular formula is C15H20N2O4. The number of methoxy groups -OCH3 is 1. The van der Waals surface area contributed by atoms with Crippen molar-refractivity contribution in [3.8, 4) is 11.5 Å². The minimum Gasteiger partial charge on any atom is -0.497 e. The molecule has 1 N–H and O–H groups in total. The molecule has 1 aromatic carbocycles. The van der Waals surface area contributed by atoms with Crippen LogP contribution in [0.5, 0.6) is 11.5 Å². The molecule has 0 spiro atoms. The maximum Gasteiger partial charge on any atom is 0.264 e.